The summed E-state index contributed by atoms with van der Waals surface area (Å²) in [5.74, 6) is 0. The molecule has 0 heterocycles. The van der Waals surface area contributed by atoms with Crippen molar-refractivity contribution in [2.24, 2.45) is 5.16 Å². The number of hydrogen-bond donors (Lipinski definition) is 0. The zero-order valence-corrected chi connectivity index (χ0v) is 4.27. The molecule has 0 unspecified atom stereocenters. The molecule has 0 aliphatic carbocycles. The Labute approximate surface area is 41.7 Å². The summed E-state index contributed by atoms with van der Waals surface area (Å²) in [5, 5.41) is 3.33. The number of rotatable bonds is 2. The van der Waals surface area contributed by atoms with Crippen molar-refractivity contribution in [3.63, 3.8) is 0 Å². The maximum absolute atomic E-state index is 5.04. The molecule has 6 heavy (non-hydrogen) atoms. The average Bonchev–Trinajstić information content (AvgIpc) is 1.61. The van der Waals surface area contributed by atoms with E-state index in [0.717, 1.165) is 0 Å². The van der Waals surface area contributed by atoms with E-state index in [1.54, 1.807) is 6.92 Å². The molecule has 0 radical (unpaired) electrons. The second kappa shape index (κ2) is 4.76. The minimum Gasteiger partial charge on any atom is -0.380 e. The van der Waals surface area contributed by atoms with Gasteiger partial charge in [0.1, 0.15) is 0 Å². The van der Waals surface area contributed by atoms with Crippen LogP contribution in [0.3, 0.4) is 0 Å². The third-order valence-corrected chi connectivity index (χ3v) is 0.326. The highest BCUT2D eigenvalue weighted by Gasteiger charge is 1.63. The minimum absolute atomic E-state index is 0.129. The van der Waals surface area contributed by atoms with Crippen LogP contribution in [0, 0.1) is 0 Å². The molecule has 0 bridgehead atoms. The van der Waals surface area contributed by atoms with Crippen molar-refractivity contribution in [3.05, 3.63) is 0 Å². The molecule has 0 aromatic rings. The van der Waals surface area contributed by atoms with Gasteiger partial charge in [0.05, 0.1) is 0 Å². The lowest BCUT2D eigenvalue weighted by molar-refractivity contribution is 0.194. The lowest BCUT2D eigenvalue weighted by Crippen LogP contribution is -1.72. The summed E-state index contributed by atoms with van der Waals surface area (Å²) in [5.41, 5.74) is 0. The highest BCUT2D eigenvalue weighted by Crippen LogP contribution is 1.75. The number of nitrogens with zero attached hydrogens (tertiary/aromatic N) is 1. The van der Waals surface area contributed by atoms with Gasteiger partial charge in [-0.05, 0) is 6.92 Å². The molecule has 0 amide bonds. The fraction of sp³-hybridized carbons (Fsp3) is 0.667. The first-order chi connectivity index (χ1) is 2.91. The van der Waals surface area contributed by atoms with Crippen LogP contribution in [0.1, 0.15) is 6.92 Å². The Kier molecular flexibility index (Phi) is 4.57. The molecule has 36 valence electrons. The largest absolute Gasteiger partial charge is 0.380 e. The molecule has 3 heteroatoms. The number of halogens is 1. The highest BCUT2D eigenvalue weighted by atomic mass is 35.5. The summed E-state index contributed by atoms with van der Waals surface area (Å²) in [4.78, 5) is 4.32. The molecular formula is C3H6ClNO. The van der Waals surface area contributed by atoms with Gasteiger partial charge in [0, 0.05) is 6.21 Å². The lowest BCUT2D eigenvalue weighted by Gasteiger charge is -1.82. The van der Waals surface area contributed by atoms with E-state index in [-0.39, 0.29) is 6.07 Å². The van der Waals surface area contributed by atoms with Gasteiger partial charge in [0.25, 0.3) is 0 Å². The number of alkyl halides is 1. The Balaban J connectivity index is 2.66. The third-order valence-electron chi connectivity index (χ3n) is 0.229. The van der Waals surface area contributed by atoms with Crippen LogP contribution in [0.15, 0.2) is 5.16 Å². The van der Waals surface area contributed by atoms with Crippen molar-refractivity contribution in [2.75, 3.05) is 6.07 Å². The molecule has 0 spiro atoms. The summed E-state index contributed by atoms with van der Waals surface area (Å²) in [7, 11) is 0. The van der Waals surface area contributed by atoms with Crippen molar-refractivity contribution >= 4 is 17.8 Å². The zero-order chi connectivity index (χ0) is 4.83. The van der Waals surface area contributed by atoms with Gasteiger partial charge in [-0.15, -0.1) is 0 Å². The highest BCUT2D eigenvalue weighted by molar-refractivity contribution is 6.17. The van der Waals surface area contributed by atoms with Crippen LogP contribution in [-0.4, -0.2) is 12.3 Å². The second-order valence-corrected chi connectivity index (χ2v) is 0.820. The summed E-state index contributed by atoms with van der Waals surface area (Å²) >= 11 is 5.04. The zero-order valence-electron chi connectivity index (χ0n) is 3.52. The van der Waals surface area contributed by atoms with E-state index < -0.39 is 0 Å². The van der Waals surface area contributed by atoms with Gasteiger partial charge in [0.15, 0.2) is 6.07 Å². The van der Waals surface area contributed by atoms with Crippen LogP contribution < -0.4 is 0 Å². The van der Waals surface area contributed by atoms with E-state index in [1.165, 1.54) is 6.21 Å². The first kappa shape index (κ1) is 5.76. The van der Waals surface area contributed by atoms with E-state index in [0.29, 0.717) is 0 Å². The van der Waals surface area contributed by atoms with Gasteiger partial charge in [0.2, 0.25) is 0 Å². The standard InChI is InChI=1S/C3H6ClNO/c1-2-5-6-3-4/h2H,3H2,1H3. The maximum atomic E-state index is 5.04. The fourth-order valence-corrected chi connectivity index (χ4v) is 0.159. The Hall–Kier alpha value is -0.240. The minimum atomic E-state index is 0.129. The number of hydrogen-bond acceptors (Lipinski definition) is 2. The Morgan fingerprint density at radius 1 is 2.00 bits per heavy atom. The normalized spacial score (nSPS) is 9.67. The first-order valence-electron chi connectivity index (χ1n) is 1.57. The van der Waals surface area contributed by atoms with Crippen molar-refractivity contribution < 1.29 is 4.84 Å². The molecule has 0 aromatic heterocycles. The van der Waals surface area contributed by atoms with E-state index in [1.807, 2.05) is 0 Å². The van der Waals surface area contributed by atoms with Crippen LogP contribution in [0.4, 0.5) is 0 Å². The smallest absolute Gasteiger partial charge is 0.190 e. The molecule has 0 rings (SSSR count). The molecule has 0 aliphatic heterocycles. The molecule has 2 nitrogen and oxygen atoms in total. The summed E-state index contributed by atoms with van der Waals surface area (Å²) in [6.07, 6.45) is 1.53. The van der Waals surface area contributed by atoms with Gasteiger partial charge in [-0.3, -0.25) is 0 Å². The van der Waals surface area contributed by atoms with Gasteiger partial charge < -0.3 is 4.84 Å². The van der Waals surface area contributed by atoms with Crippen molar-refractivity contribution in [1.29, 1.82) is 0 Å². The summed E-state index contributed by atoms with van der Waals surface area (Å²) < 4.78 is 0. The van der Waals surface area contributed by atoms with Crippen LogP contribution in [-0.2, 0) is 4.84 Å². The predicted octanol–water partition coefficient (Wildman–Crippen LogP) is 1.21. The summed E-state index contributed by atoms with van der Waals surface area (Å²) in [6.45, 7) is 1.76. The monoisotopic (exact) mass is 107 g/mol. The molecular weight excluding hydrogens is 101 g/mol. The lowest BCUT2D eigenvalue weighted by atomic mass is 10.9. The van der Waals surface area contributed by atoms with Crippen LogP contribution in [0.5, 0.6) is 0 Å². The Morgan fingerprint density at radius 2 is 2.67 bits per heavy atom. The fourth-order valence-electron chi connectivity index (χ4n) is 0.103. The average molecular weight is 108 g/mol. The van der Waals surface area contributed by atoms with Gasteiger partial charge in [-0.2, -0.15) is 0 Å². The van der Waals surface area contributed by atoms with E-state index in [4.69, 9.17) is 11.6 Å². The van der Waals surface area contributed by atoms with Crippen LogP contribution in [0.25, 0.3) is 0 Å². The van der Waals surface area contributed by atoms with Crippen molar-refractivity contribution in [3.8, 4) is 0 Å². The SMILES string of the molecule is CC=NOCCl. The van der Waals surface area contributed by atoms with Gasteiger partial charge in [-0.25, -0.2) is 0 Å². The first-order valence-corrected chi connectivity index (χ1v) is 2.11. The van der Waals surface area contributed by atoms with Gasteiger partial charge in [-0.1, -0.05) is 16.8 Å². The maximum Gasteiger partial charge on any atom is 0.190 e. The molecule has 0 aromatic carbocycles. The Bertz CT molecular complexity index is 46.1. The molecule has 0 aliphatic rings. The van der Waals surface area contributed by atoms with Crippen LogP contribution >= 0.6 is 11.6 Å². The predicted molar refractivity (Wildman–Crippen MR) is 26.0 cm³/mol. The second-order valence-electron chi connectivity index (χ2n) is 0.602. The van der Waals surface area contributed by atoms with Crippen molar-refractivity contribution in [1.82, 2.24) is 0 Å². The Morgan fingerprint density at radius 3 is 2.83 bits per heavy atom. The molecule has 0 saturated carbocycles. The van der Waals surface area contributed by atoms with E-state index in [9.17, 15) is 0 Å². The molecule has 0 N–H and O–H groups in total. The molecule has 0 fully saturated rings. The third kappa shape index (κ3) is 3.76. The van der Waals surface area contributed by atoms with E-state index >= 15 is 0 Å². The van der Waals surface area contributed by atoms with E-state index in [2.05, 4.69) is 9.99 Å². The van der Waals surface area contributed by atoms with Crippen molar-refractivity contribution in [2.45, 2.75) is 6.92 Å². The number of oxime groups is 1. The quantitative estimate of drug-likeness (QED) is 0.295. The topological polar surface area (TPSA) is 21.6 Å². The summed E-state index contributed by atoms with van der Waals surface area (Å²) in [6, 6.07) is 0.129. The molecule has 0 saturated heterocycles. The van der Waals surface area contributed by atoms with Crippen LogP contribution in [0.2, 0.25) is 0 Å². The van der Waals surface area contributed by atoms with Gasteiger partial charge >= 0.3 is 0 Å². The molecule has 0 atom stereocenters.